The zero-order valence-electron chi connectivity index (χ0n) is 10.4. The quantitative estimate of drug-likeness (QED) is 0.720. The van der Waals surface area contributed by atoms with E-state index >= 15 is 0 Å². The number of pyridine rings is 1. The molecule has 0 spiro atoms. The zero-order valence-corrected chi connectivity index (χ0v) is 10.4. The van der Waals surface area contributed by atoms with Gasteiger partial charge in [-0.3, -0.25) is 4.98 Å². The van der Waals surface area contributed by atoms with Gasteiger partial charge in [-0.05, 0) is 32.0 Å². The molecule has 4 heteroatoms. The number of ether oxygens (including phenoxy) is 1. The molecule has 1 heterocycles. The van der Waals surface area contributed by atoms with Gasteiger partial charge in [0, 0.05) is 19.1 Å². The molecule has 1 saturated carbocycles. The second kappa shape index (κ2) is 6.10. The molecule has 0 saturated heterocycles. The Bertz CT molecular complexity index is 352. The van der Waals surface area contributed by atoms with Crippen molar-refractivity contribution in [3.63, 3.8) is 0 Å². The van der Waals surface area contributed by atoms with Crippen LogP contribution in [0.5, 0.6) is 0 Å². The van der Waals surface area contributed by atoms with Crippen LogP contribution in [0.15, 0.2) is 18.2 Å². The highest BCUT2D eigenvalue weighted by Crippen LogP contribution is 2.24. The van der Waals surface area contributed by atoms with E-state index in [1.807, 2.05) is 18.2 Å². The van der Waals surface area contributed by atoms with Gasteiger partial charge in [-0.25, -0.2) is 0 Å². The molecule has 2 N–H and O–H groups in total. The van der Waals surface area contributed by atoms with E-state index in [1.54, 1.807) is 0 Å². The van der Waals surface area contributed by atoms with E-state index in [-0.39, 0.29) is 0 Å². The molecule has 1 fully saturated rings. The fourth-order valence-corrected chi connectivity index (χ4v) is 1.81. The molecule has 0 radical (unpaired) electrons. The molecule has 94 valence electrons. The largest absolute Gasteiger partial charge is 0.374 e. The van der Waals surface area contributed by atoms with Crippen LogP contribution in [0, 0.1) is 0 Å². The van der Waals surface area contributed by atoms with Crippen LogP contribution in [0.4, 0.5) is 0 Å². The molecule has 1 aliphatic carbocycles. The minimum absolute atomic E-state index is 0.484. The van der Waals surface area contributed by atoms with Gasteiger partial charge in [0.15, 0.2) is 0 Å². The Morgan fingerprint density at radius 1 is 1.41 bits per heavy atom. The SMILES string of the molecule is CN(CCOCc1cccc(CN)n1)C1CC1. The van der Waals surface area contributed by atoms with E-state index in [9.17, 15) is 0 Å². The van der Waals surface area contributed by atoms with Crippen LogP contribution >= 0.6 is 0 Å². The molecule has 0 unspecified atom stereocenters. The van der Waals surface area contributed by atoms with Gasteiger partial charge in [0.1, 0.15) is 0 Å². The minimum Gasteiger partial charge on any atom is -0.374 e. The van der Waals surface area contributed by atoms with Gasteiger partial charge in [-0.15, -0.1) is 0 Å². The number of aromatic nitrogens is 1. The Hall–Kier alpha value is -0.970. The Morgan fingerprint density at radius 3 is 2.88 bits per heavy atom. The van der Waals surface area contributed by atoms with Crippen LogP contribution in [0.2, 0.25) is 0 Å². The van der Waals surface area contributed by atoms with Gasteiger partial charge in [-0.2, -0.15) is 0 Å². The Kier molecular flexibility index (Phi) is 4.48. The highest BCUT2D eigenvalue weighted by atomic mass is 16.5. The lowest BCUT2D eigenvalue weighted by Crippen LogP contribution is -2.25. The topological polar surface area (TPSA) is 51.4 Å². The highest BCUT2D eigenvalue weighted by molar-refractivity contribution is 5.10. The first kappa shape index (κ1) is 12.5. The number of nitrogens with zero attached hydrogens (tertiary/aromatic N) is 2. The summed E-state index contributed by atoms with van der Waals surface area (Å²) < 4.78 is 5.62. The number of likely N-dealkylation sites (N-methyl/N-ethyl adjacent to an activating group) is 1. The third kappa shape index (κ3) is 4.07. The van der Waals surface area contributed by atoms with Gasteiger partial charge in [0.05, 0.1) is 24.6 Å². The average Bonchev–Trinajstić information content (AvgIpc) is 3.19. The fourth-order valence-electron chi connectivity index (χ4n) is 1.81. The Labute approximate surface area is 103 Å². The maximum absolute atomic E-state index is 5.62. The Balaban J connectivity index is 1.66. The van der Waals surface area contributed by atoms with Gasteiger partial charge in [0.2, 0.25) is 0 Å². The summed E-state index contributed by atoms with van der Waals surface area (Å²) in [4.78, 5) is 6.76. The maximum atomic E-state index is 5.62. The molecule has 0 aliphatic heterocycles. The predicted molar refractivity (Wildman–Crippen MR) is 67.4 cm³/mol. The molecular formula is C13H21N3O. The second-order valence-electron chi connectivity index (χ2n) is 4.59. The van der Waals surface area contributed by atoms with Crippen LogP contribution in [-0.4, -0.2) is 36.1 Å². The van der Waals surface area contributed by atoms with E-state index in [4.69, 9.17) is 10.5 Å². The van der Waals surface area contributed by atoms with Crippen LogP contribution in [0.3, 0.4) is 0 Å². The molecule has 0 atom stereocenters. The van der Waals surface area contributed by atoms with Crippen LogP contribution in [0.25, 0.3) is 0 Å². The molecule has 1 aromatic heterocycles. The molecule has 2 rings (SSSR count). The van der Waals surface area contributed by atoms with Crippen molar-refractivity contribution in [2.45, 2.75) is 32.0 Å². The van der Waals surface area contributed by atoms with Crippen LogP contribution < -0.4 is 5.73 Å². The van der Waals surface area contributed by atoms with Gasteiger partial charge >= 0.3 is 0 Å². The van der Waals surface area contributed by atoms with Crippen LogP contribution in [-0.2, 0) is 17.9 Å². The molecule has 1 aliphatic rings. The summed E-state index contributed by atoms with van der Waals surface area (Å²) in [6.45, 7) is 2.83. The molecular weight excluding hydrogens is 214 g/mol. The highest BCUT2D eigenvalue weighted by Gasteiger charge is 2.25. The lowest BCUT2D eigenvalue weighted by Gasteiger charge is -2.15. The summed E-state index contributed by atoms with van der Waals surface area (Å²) in [6, 6.07) is 6.69. The Morgan fingerprint density at radius 2 is 2.18 bits per heavy atom. The van der Waals surface area contributed by atoms with E-state index in [1.165, 1.54) is 12.8 Å². The molecule has 0 amide bonds. The fraction of sp³-hybridized carbons (Fsp3) is 0.615. The van der Waals surface area contributed by atoms with Crippen molar-refractivity contribution in [3.05, 3.63) is 29.6 Å². The van der Waals surface area contributed by atoms with Gasteiger partial charge in [0.25, 0.3) is 0 Å². The molecule has 4 nitrogen and oxygen atoms in total. The molecule has 0 aromatic carbocycles. The maximum Gasteiger partial charge on any atom is 0.0888 e. The van der Waals surface area contributed by atoms with E-state index in [0.29, 0.717) is 13.2 Å². The number of nitrogens with two attached hydrogens (primary N) is 1. The van der Waals surface area contributed by atoms with Crippen molar-refractivity contribution < 1.29 is 4.74 Å². The summed E-state index contributed by atoms with van der Waals surface area (Å²) in [5.74, 6) is 0. The second-order valence-corrected chi connectivity index (χ2v) is 4.59. The summed E-state index contributed by atoms with van der Waals surface area (Å²) in [5.41, 5.74) is 7.42. The summed E-state index contributed by atoms with van der Waals surface area (Å²) >= 11 is 0. The summed E-state index contributed by atoms with van der Waals surface area (Å²) in [6.07, 6.45) is 2.69. The van der Waals surface area contributed by atoms with E-state index in [0.717, 1.165) is 30.6 Å². The summed E-state index contributed by atoms with van der Waals surface area (Å²) in [7, 11) is 2.16. The zero-order chi connectivity index (χ0) is 12.1. The molecule has 0 bridgehead atoms. The molecule has 1 aromatic rings. The first-order valence-corrected chi connectivity index (χ1v) is 6.22. The van der Waals surface area contributed by atoms with Crippen molar-refractivity contribution >= 4 is 0 Å². The predicted octanol–water partition coefficient (Wildman–Crippen LogP) is 1.15. The number of hydrogen-bond donors (Lipinski definition) is 1. The number of hydrogen-bond acceptors (Lipinski definition) is 4. The van der Waals surface area contributed by atoms with Crippen molar-refractivity contribution in [2.24, 2.45) is 5.73 Å². The first-order chi connectivity index (χ1) is 8.29. The minimum atomic E-state index is 0.484. The number of rotatable bonds is 7. The van der Waals surface area contributed by atoms with Crippen molar-refractivity contribution in [2.75, 3.05) is 20.2 Å². The lowest BCUT2D eigenvalue weighted by atomic mass is 10.3. The van der Waals surface area contributed by atoms with E-state index < -0.39 is 0 Å². The summed E-state index contributed by atoms with van der Waals surface area (Å²) in [5, 5.41) is 0. The molecule has 17 heavy (non-hydrogen) atoms. The van der Waals surface area contributed by atoms with E-state index in [2.05, 4.69) is 16.9 Å². The smallest absolute Gasteiger partial charge is 0.0888 e. The van der Waals surface area contributed by atoms with Crippen LogP contribution in [0.1, 0.15) is 24.2 Å². The van der Waals surface area contributed by atoms with Crippen molar-refractivity contribution in [3.8, 4) is 0 Å². The van der Waals surface area contributed by atoms with Crippen molar-refractivity contribution in [1.29, 1.82) is 0 Å². The first-order valence-electron chi connectivity index (χ1n) is 6.22. The third-order valence-corrected chi connectivity index (χ3v) is 3.08. The standard InChI is InChI=1S/C13H21N3O/c1-16(13-5-6-13)7-8-17-10-12-4-2-3-11(9-14)15-12/h2-4,13H,5-10,14H2,1H3. The average molecular weight is 235 g/mol. The lowest BCUT2D eigenvalue weighted by molar-refractivity contribution is 0.0957. The van der Waals surface area contributed by atoms with Gasteiger partial charge in [-0.1, -0.05) is 6.07 Å². The van der Waals surface area contributed by atoms with Gasteiger partial charge < -0.3 is 15.4 Å². The normalized spacial score (nSPS) is 15.5. The third-order valence-electron chi connectivity index (χ3n) is 3.08. The van der Waals surface area contributed by atoms with Crippen molar-refractivity contribution in [1.82, 2.24) is 9.88 Å². The monoisotopic (exact) mass is 235 g/mol.